The van der Waals surface area contributed by atoms with E-state index in [1.165, 1.54) is 12.2 Å². The molecule has 2 atom stereocenters. The van der Waals surface area contributed by atoms with Gasteiger partial charge in [-0.25, -0.2) is 8.78 Å². The second-order valence-corrected chi connectivity index (χ2v) is 2.28. The van der Waals surface area contributed by atoms with E-state index in [4.69, 9.17) is 5.73 Å². The molecule has 0 radical (unpaired) electrons. The number of hydrogen-bond donors (Lipinski definition) is 1. The van der Waals surface area contributed by atoms with Gasteiger partial charge in [-0.1, -0.05) is 12.2 Å². The molecule has 56 valence electrons. The van der Waals surface area contributed by atoms with Crippen LogP contribution in [0.4, 0.5) is 8.78 Å². The van der Waals surface area contributed by atoms with Gasteiger partial charge in [0.1, 0.15) is 0 Å². The summed E-state index contributed by atoms with van der Waals surface area (Å²) in [6.07, 6.45) is 3.65. The predicted molar refractivity (Wildman–Crippen MR) is 36.1 cm³/mol. The molecular weight excluding hydrogens is 136 g/mol. The smallest absolute Gasteiger partial charge is 0.176 e. The lowest BCUT2D eigenvalue weighted by atomic mass is 9.96. The lowest BCUT2D eigenvalue weighted by Crippen LogP contribution is -2.40. The van der Waals surface area contributed by atoms with Crippen molar-refractivity contribution in [3.63, 3.8) is 0 Å². The van der Waals surface area contributed by atoms with Crippen molar-refractivity contribution in [3.8, 4) is 0 Å². The van der Waals surface area contributed by atoms with Gasteiger partial charge < -0.3 is 5.73 Å². The maximum atomic E-state index is 13.1. The Morgan fingerprint density at radius 2 is 2.20 bits per heavy atom. The lowest BCUT2D eigenvalue weighted by Gasteiger charge is -2.23. The number of rotatable bonds is 1. The van der Waals surface area contributed by atoms with Crippen LogP contribution in [0.1, 0.15) is 0 Å². The zero-order valence-corrected chi connectivity index (χ0v) is 5.43. The predicted octanol–water partition coefficient (Wildman–Crippen LogP) is 1.12. The van der Waals surface area contributed by atoms with Crippen LogP contribution in [0.25, 0.3) is 0 Å². The highest BCUT2D eigenvalue weighted by Gasteiger charge is 2.35. The Labute approximate surface area is 58.2 Å². The second kappa shape index (κ2) is 2.50. The van der Waals surface area contributed by atoms with Crippen molar-refractivity contribution in [2.45, 2.75) is 11.8 Å². The molecule has 0 heterocycles. The molecule has 0 bridgehead atoms. The molecule has 10 heavy (non-hydrogen) atoms. The van der Waals surface area contributed by atoms with Gasteiger partial charge in [-0.3, -0.25) is 0 Å². The largest absolute Gasteiger partial charge is 0.327 e. The quantitative estimate of drug-likeness (QED) is 0.587. The summed E-state index contributed by atoms with van der Waals surface area (Å²) in [4.78, 5) is 0. The minimum atomic E-state index is -1.98. The van der Waals surface area contributed by atoms with Gasteiger partial charge in [0.2, 0.25) is 0 Å². The van der Waals surface area contributed by atoms with Crippen molar-refractivity contribution in [1.29, 1.82) is 0 Å². The van der Waals surface area contributed by atoms with Crippen LogP contribution in [-0.2, 0) is 0 Å². The fraction of sp³-hybridized carbons (Fsp3) is 0.429. The van der Waals surface area contributed by atoms with Gasteiger partial charge in [-0.2, -0.15) is 0 Å². The summed E-state index contributed by atoms with van der Waals surface area (Å²) in [5, 5.41) is 0. The fourth-order valence-electron chi connectivity index (χ4n) is 0.810. The molecule has 0 aromatic rings. The van der Waals surface area contributed by atoms with Crippen molar-refractivity contribution in [2.24, 2.45) is 5.73 Å². The first-order chi connectivity index (χ1) is 4.69. The van der Waals surface area contributed by atoms with Crippen molar-refractivity contribution >= 4 is 0 Å². The third kappa shape index (κ3) is 1.09. The monoisotopic (exact) mass is 145 g/mol. The van der Waals surface area contributed by atoms with Crippen LogP contribution in [0.3, 0.4) is 0 Å². The molecule has 0 saturated carbocycles. The van der Waals surface area contributed by atoms with E-state index >= 15 is 0 Å². The molecule has 1 nitrogen and oxygen atoms in total. The zero-order chi connectivity index (χ0) is 7.61. The molecule has 0 aromatic carbocycles. The van der Waals surface area contributed by atoms with E-state index < -0.39 is 11.8 Å². The van der Waals surface area contributed by atoms with Gasteiger partial charge >= 0.3 is 0 Å². The Bertz CT molecular complexity index is 176. The summed E-state index contributed by atoms with van der Waals surface area (Å²) in [5.41, 5.74) is 3.05. The molecule has 0 aliphatic heterocycles. The molecule has 2 N–H and O–H groups in total. The maximum absolute atomic E-state index is 13.1. The first-order valence-electron chi connectivity index (χ1n) is 3.08. The summed E-state index contributed by atoms with van der Waals surface area (Å²) >= 11 is 0. The molecule has 2 unspecified atom stereocenters. The average Bonchev–Trinajstić information content (AvgIpc) is 1.96. The molecular formula is C7H9F2N. The van der Waals surface area contributed by atoms with Crippen LogP contribution in [-0.4, -0.2) is 18.4 Å². The van der Waals surface area contributed by atoms with E-state index in [2.05, 4.69) is 0 Å². The van der Waals surface area contributed by atoms with E-state index in [-0.39, 0.29) is 6.54 Å². The molecule has 0 amide bonds. The Morgan fingerprint density at radius 1 is 1.50 bits per heavy atom. The summed E-state index contributed by atoms with van der Waals surface area (Å²) in [7, 11) is 0. The van der Waals surface area contributed by atoms with Gasteiger partial charge in [0.25, 0.3) is 0 Å². The second-order valence-electron chi connectivity index (χ2n) is 2.28. The Balaban J connectivity index is 2.77. The Kier molecular flexibility index (Phi) is 1.85. The first kappa shape index (κ1) is 7.41. The van der Waals surface area contributed by atoms with Crippen molar-refractivity contribution in [1.82, 2.24) is 0 Å². The summed E-state index contributed by atoms with van der Waals surface area (Å²) in [6.45, 7) is -0.311. The Morgan fingerprint density at radius 3 is 2.60 bits per heavy atom. The first-order valence-corrected chi connectivity index (χ1v) is 3.08. The summed E-state index contributed by atoms with van der Waals surface area (Å²) in [6, 6.07) is 0. The van der Waals surface area contributed by atoms with Crippen molar-refractivity contribution in [2.75, 3.05) is 6.54 Å². The normalized spacial score (nSPS) is 38.5. The van der Waals surface area contributed by atoms with Gasteiger partial charge in [-0.15, -0.1) is 0 Å². The van der Waals surface area contributed by atoms with Gasteiger partial charge in [0.05, 0.1) is 0 Å². The van der Waals surface area contributed by atoms with E-state index in [1.807, 2.05) is 0 Å². The van der Waals surface area contributed by atoms with E-state index in [0.717, 1.165) is 12.2 Å². The van der Waals surface area contributed by atoms with Crippen LogP contribution in [0, 0.1) is 0 Å². The lowest BCUT2D eigenvalue weighted by molar-refractivity contribution is 0.133. The van der Waals surface area contributed by atoms with Gasteiger partial charge in [0.15, 0.2) is 11.8 Å². The molecule has 1 aliphatic carbocycles. The third-order valence-corrected chi connectivity index (χ3v) is 1.54. The van der Waals surface area contributed by atoms with E-state index in [0.29, 0.717) is 0 Å². The highest BCUT2D eigenvalue weighted by molar-refractivity contribution is 5.23. The topological polar surface area (TPSA) is 26.0 Å². The number of halogens is 2. The average molecular weight is 145 g/mol. The fourth-order valence-corrected chi connectivity index (χ4v) is 0.810. The number of hydrogen-bond acceptors (Lipinski definition) is 1. The number of alkyl halides is 2. The van der Waals surface area contributed by atoms with Crippen molar-refractivity contribution < 1.29 is 8.78 Å². The minimum absolute atomic E-state index is 0.311. The summed E-state index contributed by atoms with van der Waals surface area (Å²) in [5.74, 6) is 0. The molecule has 0 fully saturated rings. The van der Waals surface area contributed by atoms with E-state index in [1.54, 1.807) is 0 Å². The molecule has 1 aliphatic rings. The van der Waals surface area contributed by atoms with Crippen molar-refractivity contribution in [3.05, 3.63) is 24.3 Å². The maximum Gasteiger partial charge on any atom is 0.176 e. The highest BCUT2D eigenvalue weighted by Crippen LogP contribution is 2.24. The molecule has 0 saturated heterocycles. The minimum Gasteiger partial charge on any atom is -0.327 e. The third-order valence-electron chi connectivity index (χ3n) is 1.54. The zero-order valence-electron chi connectivity index (χ0n) is 5.43. The standard InChI is InChI=1S/C7H9F2N/c8-6-3-1-2-4-7(6,9)5-10/h1-4,6H,5,10H2. The van der Waals surface area contributed by atoms with Crippen LogP contribution in [0.5, 0.6) is 0 Å². The molecule has 1 rings (SSSR count). The van der Waals surface area contributed by atoms with Gasteiger partial charge in [0, 0.05) is 6.54 Å². The Hall–Kier alpha value is -0.700. The van der Waals surface area contributed by atoms with Crippen LogP contribution < -0.4 is 5.73 Å². The van der Waals surface area contributed by atoms with Gasteiger partial charge in [-0.05, 0) is 12.2 Å². The number of allylic oxidation sites excluding steroid dienone is 3. The van der Waals surface area contributed by atoms with Crippen LogP contribution in [0.15, 0.2) is 24.3 Å². The summed E-state index contributed by atoms with van der Waals surface area (Å²) < 4.78 is 25.7. The molecule has 0 aromatic heterocycles. The molecule has 3 heteroatoms. The van der Waals surface area contributed by atoms with Crippen LogP contribution >= 0.6 is 0 Å². The molecule has 0 spiro atoms. The highest BCUT2D eigenvalue weighted by atomic mass is 19.2. The van der Waals surface area contributed by atoms with Crippen LogP contribution in [0.2, 0.25) is 0 Å². The van der Waals surface area contributed by atoms with E-state index in [9.17, 15) is 8.78 Å². The SMILES string of the molecule is NCC1(F)C=CC=CC1F. The number of nitrogens with two attached hydrogens (primary N) is 1.